The van der Waals surface area contributed by atoms with Crippen molar-refractivity contribution in [2.75, 3.05) is 12.9 Å². The van der Waals surface area contributed by atoms with Gasteiger partial charge in [0.05, 0.1) is 0 Å². The SMILES string of the molecule is CNC(CCl)c1cc[nH]c1. The van der Waals surface area contributed by atoms with Crippen molar-refractivity contribution in [1.29, 1.82) is 0 Å². The lowest BCUT2D eigenvalue weighted by molar-refractivity contribution is 0.659. The maximum absolute atomic E-state index is 5.68. The van der Waals surface area contributed by atoms with Crippen LogP contribution in [0.5, 0.6) is 0 Å². The fraction of sp³-hybridized carbons (Fsp3) is 0.429. The van der Waals surface area contributed by atoms with Gasteiger partial charge in [-0.05, 0) is 18.7 Å². The van der Waals surface area contributed by atoms with E-state index in [1.165, 1.54) is 5.56 Å². The molecule has 0 aliphatic carbocycles. The van der Waals surface area contributed by atoms with Crippen LogP contribution >= 0.6 is 11.6 Å². The highest BCUT2D eigenvalue weighted by Gasteiger charge is 2.05. The van der Waals surface area contributed by atoms with E-state index in [0.717, 1.165) is 0 Å². The molecule has 0 saturated carbocycles. The Morgan fingerprint density at radius 1 is 1.80 bits per heavy atom. The quantitative estimate of drug-likeness (QED) is 0.642. The molecule has 0 aromatic carbocycles. The van der Waals surface area contributed by atoms with Gasteiger partial charge in [-0.2, -0.15) is 0 Å². The maximum Gasteiger partial charge on any atom is 0.0470 e. The normalized spacial score (nSPS) is 13.4. The van der Waals surface area contributed by atoms with Crippen molar-refractivity contribution in [2.24, 2.45) is 0 Å². The predicted molar refractivity (Wildman–Crippen MR) is 43.3 cm³/mol. The molecule has 0 aliphatic rings. The lowest BCUT2D eigenvalue weighted by atomic mass is 10.2. The van der Waals surface area contributed by atoms with Crippen molar-refractivity contribution in [3.8, 4) is 0 Å². The number of alkyl halides is 1. The Balaban J connectivity index is 2.64. The standard InChI is InChI=1S/C7H11ClN2/c1-9-7(4-8)6-2-3-10-5-6/h2-3,5,7,9-10H,4H2,1H3. The van der Waals surface area contributed by atoms with Crippen molar-refractivity contribution < 1.29 is 0 Å². The summed E-state index contributed by atoms with van der Waals surface area (Å²) in [7, 11) is 1.90. The lowest BCUT2D eigenvalue weighted by Gasteiger charge is -2.09. The first kappa shape index (κ1) is 7.63. The summed E-state index contributed by atoms with van der Waals surface area (Å²) in [4.78, 5) is 2.98. The van der Waals surface area contributed by atoms with Crippen molar-refractivity contribution in [1.82, 2.24) is 10.3 Å². The van der Waals surface area contributed by atoms with Gasteiger partial charge in [-0.15, -0.1) is 11.6 Å². The van der Waals surface area contributed by atoms with E-state index in [2.05, 4.69) is 10.3 Å². The van der Waals surface area contributed by atoms with Gasteiger partial charge in [0.25, 0.3) is 0 Å². The highest BCUT2D eigenvalue weighted by Crippen LogP contribution is 2.11. The van der Waals surface area contributed by atoms with Crippen molar-refractivity contribution in [2.45, 2.75) is 6.04 Å². The summed E-state index contributed by atoms with van der Waals surface area (Å²) in [5.41, 5.74) is 1.21. The van der Waals surface area contributed by atoms with E-state index in [9.17, 15) is 0 Å². The first-order chi connectivity index (χ1) is 4.88. The molecule has 2 nitrogen and oxygen atoms in total. The van der Waals surface area contributed by atoms with Crippen molar-refractivity contribution in [3.05, 3.63) is 24.0 Å². The summed E-state index contributed by atoms with van der Waals surface area (Å²) >= 11 is 5.68. The molecular weight excluding hydrogens is 148 g/mol. The zero-order valence-corrected chi connectivity index (χ0v) is 6.65. The molecule has 1 heterocycles. The highest BCUT2D eigenvalue weighted by atomic mass is 35.5. The monoisotopic (exact) mass is 158 g/mol. The number of hydrogen-bond donors (Lipinski definition) is 2. The van der Waals surface area contributed by atoms with E-state index >= 15 is 0 Å². The van der Waals surface area contributed by atoms with Gasteiger partial charge in [0, 0.05) is 24.3 Å². The lowest BCUT2D eigenvalue weighted by Crippen LogP contribution is -2.16. The Bertz CT molecular complexity index is 168. The van der Waals surface area contributed by atoms with Crippen LogP contribution in [0.25, 0.3) is 0 Å². The minimum atomic E-state index is 0.271. The Morgan fingerprint density at radius 3 is 3.00 bits per heavy atom. The molecule has 0 fully saturated rings. The molecule has 1 rings (SSSR count). The van der Waals surface area contributed by atoms with E-state index in [1.807, 2.05) is 25.5 Å². The molecule has 56 valence electrons. The van der Waals surface area contributed by atoms with Gasteiger partial charge in [-0.3, -0.25) is 0 Å². The average molecular weight is 159 g/mol. The van der Waals surface area contributed by atoms with E-state index in [1.54, 1.807) is 0 Å². The Labute approximate surface area is 65.6 Å². The van der Waals surface area contributed by atoms with Gasteiger partial charge in [0.2, 0.25) is 0 Å². The van der Waals surface area contributed by atoms with E-state index in [4.69, 9.17) is 11.6 Å². The van der Waals surface area contributed by atoms with E-state index in [0.29, 0.717) is 5.88 Å². The van der Waals surface area contributed by atoms with Crippen LogP contribution in [0, 0.1) is 0 Å². The Hall–Kier alpha value is -0.470. The van der Waals surface area contributed by atoms with Crippen LogP contribution in [-0.2, 0) is 0 Å². The van der Waals surface area contributed by atoms with Crippen molar-refractivity contribution >= 4 is 11.6 Å². The zero-order valence-electron chi connectivity index (χ0n) is 5.89. The molecule has 0 radical (unpaired) electrons. The molecular formula is C7H11ClN2. The highest BCUT2D eigenvalue weighted by molar-refractivity contribution is 6.18. The van der Waals surface area contributed by atoms with Crippen LogP contribution in [0.2, 0.25) is 0 Å². The molecule has 1 aromatic heterocycles. The maximum atomic E-state index is 5.68. The molecule has 0 amide bonds. The van der Waals surface area contributed by atoms with Gasteiger partial charge in [-0.1, -0.05) is 0 Å². The summed E-state index contributed by atoms with van der Waals surface area (Å²) < 4.78 is 0. The number of aromatic amines is 1. The number of nitrogens with one attached hydrogen (secondary N) is 2. The molecule has 1 aromatic rings. The van der Waals surface area contributed by atoms with Gasteiger partial charge in [0.15, 0.2) is 0 Å². The van der Waals surface area contributed by atoms with Crippen LogP contribution in [0.3, 0.4) is 0 Å². The van der Waals surface area contributed by atoms with Crippen LogP contribution in [-0.4, -0.2) is 17.9 Å². The minimum absolute atomic E-state index is 0.271. The number of rotatable bonds is 3. The van der Waals surface area contributed by atoms with Crippen LogP contribution < -0.4 is 5.32 Å². The van der Waals surface area contributed by atoms with E-state index in [-0.39, 0.29) is 6.04 Å². The molecule has 0 aliphatic heterocycles. The smallest absolute Gasteiger partial charge is 0.0470 e. The summed E-state index contributed by atoms with van der Waals surface area (Å²) in [5.74, 6) is 0.606. The van der Waals surface area contributed by atoms with Gasteiger partial charge in [-0.25, -0.2) is 0 Å². The molecule has 1 unspecified atom stereocenters. The second-order valence-electron chi connectivity index (χ2n) is 2.14. The largest absolute Gasteiger partial charge is 0.367 e. The third-order valence-corrected chi connectivity index (χ3v) is 1.84. The second kappa shape index (κ2) is 3.64. The second-order valence-corrected chi connectivity index (χ2v) is 2.45. The number of hydrogen-bond acceptors (Lipinski definition) is 1. The first-order valence-electron chi connectivity index (χ1n) is 3.24. The molecule has 0 saturated heterocycles. The fourth-order valence-corrected chi connectivity index (χ4v) is 1.22. The van der Waals surface area contributed by atoms with Gasteiger partial charge < -0.3 is 10.3 Å². The molecule has 2 N–H and O–H groups in total. The Kier molecular flexibility index (Phi) is 2.78. The summed E-state index contributed by atoms with van der Waals surface area (Å²) in [6.07, 6.45) is 3.84. The number of H-pyrrole nitrogens is 1. The van der Waals surface area contributed by atoms with Gasteiger partial charge >= 0.3 is 0 Å². The van der Waals surface area contributed by atoms with Crippen LogP contribution in [0.15, 0.2) is 18.5 Å². The predicted octanol–water partition coefficient (Wildman–Crippen LogP) is 1.51. The Morgan fingerprint density at radius 2 is 2.60 bits per heavy atom. The molecule has 1 atom stereocenters. The summed E-state index contributed by atoms with van der Waals surface area (Å²) in [6.45, 7) is 0. The molecule has 3 heteroatoms. The summed E-state index contributed by atoms with van der Waals surface area (Å²) in [5, 5.41) is 3.10. The van der Waals surface area contributed by atoms with Gasteiger partial charge in [0.1, 0.15) is 0 Å². The zero-order chi connectivity index (χ0) is 7.40. The first-order valence-corrected chi connectivity index (χ1v) is 3.78. The van der Waals surface area contributed by atoms with E-state index < -0.39 is 0 Å². The fourth-order valence-electron chi connectivity index (χ4n) is 0.886. The third-order valence-electron chi connectivity index (χ3n) is 1.53. The topological polar surface area (TPSA) is 27.8 Å². The molecule has 10 heavy (non-hydrogen) atoms. The average Bonchev–Trinajstić information content (AvgIpc) is 2.43. The van der Waals surface area contributed by atoms with Crippen molar-refractivity contribution in [3.63, 3.8) is 0 Å². The molecule has 0 spiro atoms. The van der Waals surface area contributed by atoms with Crippen LogP contribution in [0.1, 0.15) is 11.6 Å². The molecule has 0 bridgehead atoms. The minimum Gasteiger partial charge on any atom is -0.367 e. The van der Waals surface area contributed by atoms with Crippen LogP contribution in [0.4, 0.5) is 0 Å². The number of aromatic nitrogens is 1. The third kappa shape index (κ3) is 1.52. The number of halogens is 1. The summed E-state index contributed by atoms with van der Waals surface area (Å²) in [6, 6.07) is 2.29.